The molecule has 11 aromatic rings. The Morgan fingerprint density at radius 2 is 0.932 bits per heavy atom. The zero-order valence-electron chi connectivity index (χ0n) is 85.9. The second kappa shape index (κ2) is 45.6. The number of nitrogens with one attached hydrogen (secondary N) is 5. The van der Waals surface area contributed by atoms with Gasteiger partial charge in [0.05, 0.1) is 65.4 Å². The van der Waals surface area contributed by atoms with E-state index in [0.717, 1.165) is 86.0 Å². The first-order valence-electron chi connectivity index (χ1n) is 49.3. The Hall–Kier alpha value is -14.3. The van der Waals surface area contributed by atoms with E-state index in [1.807, 2.05) is 48.9 Å². The molecule has 7 aliphatic rings. The number of amides is 4. The van der Waals surface area contributed by atoms with Crippen LogP contribution in [0.4, 0.5) is 56.8 Å². The van der Waals surface area contributed by atoms with Gasteiger partial charge in [-0.05, 0) is 276 Å². The maximum atomic E-state index is 14.5. The Morgan fingerprint density at radius 3 is 1.36 bits per heavy atom. The van der Waals surface area contributed by atoms with Crippen molar-refractivity contribution in [3.05, 3.63) is 210 Å². The van der Waals surface area contributed by atoms with Crippen LogP contribution in [0.3, 0.4) is 0 Å². The molecule has 1 saturated carbocycles. The van der Waals surface area contributed by atoms with Gasteiger partial charge in [0.2, 0.25) is 5.88 Å². The average Bonchev–Trinajstić information content (AvgIpc) is 1.30. The van der Waals surface area contributed by atoms with Crippen molar-refractivity contribution in [3.63, 3.8) is 0 Å². The quantitative estimate of drug-likeness (QED) is 0.0202. The molecule has 6 fully saturated rings. The van der Waals surface area contributed by atoms with E-state index in [4.69, 9.17) is 57.1 Å². The van der Waals surface area contributed by atoms with Crippen molar-refractivity contribution >= 4 is 122 Å². The number of sulfonamides is 4. The molecule has 1 aromatic carbocycles. The number of hydrogen-bond acceptors (Lipinski definition) is 34. The molecule has 792 valence electrons. The van der Waals surface area contributed by atoms with Crippen molar-refractivity contribution in [1.29, 1.82) is 0 Å². The molecule has 44 heteroatoms. The minimum absolute atomic E-state index is 0. The zero-order chi connectivity index (χ0) is 107. The maximum absolute atomic E-state index is 14.5. The molecule has 148 heavy (non-hydrogen) atoms. The van der Waals surface area contributed by atoms with Gasteiger partial charge in [-0.2, -0.15) is 33.7 Å². The number of aromatic nitrogens is 11. The first-order valence-corrected chi connectivity index (χ1v) is 55.3. The van der Waals surface area contributed by atoms with Crippen LogP contribution in [0.5, 0.6) is 11.6 Å². The summed E-state index contributed by atoms with van der Waals surface area (Å²) in [6.07, 6.45) is 14.0. The number of carbonyl (C=O) groups is 4. The van der Waals surface area contributed by atoms with Crippen molar-refractivity contribution in [3.8, 4) is 40.0 Å². The number of piperidine rings is 2. The highest BCUT2D eigenvalue weighted by molar-refractivity contribution is 7.91. The number of fused-ring (bicyclic) bond motifs is 2. The minimum Gasteiger partial charge on any atom is -0.501 e. The zero-order valence-corrected chi connectivity index (χ0v) is 89.2. The van der Waals surface area contributed by atoms with Gasteiger partial charge in [0.1, 0.15) is 63.9 Å². The molecular formula is C104H135FN24O15S4. The Morgan fingerprint density at radius 1 is 0.500 bits per heavy atom. The molecule has 16 heterocycles. The number of halogens is 1. The summed E-state index contributed by atoms with van der Waals surface area (Å²) in [5.74, 6) is 3.25. The second-order valence-corrected chi connectivity index (χ2v) is 47.7. The summed E-state index contributed by atoms with van der Waals surface area (Å²) in [6, 6.07) is 38.6. The summed E-state index contributed by atoms with van der Waals surface area (Å²) >= 11 is 0. The first kappa shape index (κ1) is 109. The van der Waals surface area contributed by atoms with Gasteiger partial charge in [-0.25, -0.2) is 72.8 Å². The van der Waals surface area contributed by atoms with Gasteiger partial charge in [0, 0.05) is 99.0 Å². The molecule has 0 radical (unpaired) electrons. The number of hydrogen-bond donors (Lipinski definition) is 9. The summed E-state index contributed by atoms with van der Waals surface area (Å²) in [5.41, 5.74) is 27.5. The van der Waals surface area contributed by atoms with Crippen molar-refractivity contribution in [2.75, 3.05) is 93.9 Å². The fraction of sp³-hybridized carbons (Fsp3) is 0.423. The van der Waals surface area contributed by atoms with Crippen LogP contribution in [-0.4, -0.2) is 187 Å². The van der Waals surface area contributed by atoms with Crippen LogP contribution in [0.1, 0.15) is 217 Å². The van der Waals surface area contributed by atoms with E-state index < -0.39 is 69.5 Å². The molecule has 4 amide bonds. The van der Waals surface area contributed by atoms with Crippen molar-refractivity contribution in [1.82, 2.24) is 73.5 Å². The predicted molar refractivity (Wildman–Crippen MR) is 571 cm³/mol. The lowest BCUT2D eigenvalue weighted by molar-refractivity contribution is 0.0971. The number of carbonyl (C=O) groups excluding carboxylic acids is 4. The van der Waals surface area contributed by atoms with Gasteiger partial charge < -0.3 is 62.1 Å². The third-order valence-electron chi connectivity index (χ3n) is 25.8. The second-order valence-electron chi connectivity index (χ2n) is 41.2. The Kier molecular flexibility index (Phi) is 33.7. The van der Waals surface area contributed by atoms with Crippen LogP contribution in [0.15, 0.2) is 190 Å². The van der Waals surface area contributed by atoms with Gasteiger partial charge in [-0.15, -0.1) is 5.10 Å². The fourth-order valence-corrected chi connectivity index (χ4v) is 23.0. The van der Waals surface area contributed by atoms with Crippen LogP contribution in [0, 0.1) is 54.2 Å². The third kappa shape index (κ3) is 27.0. The molecule has 0 unspecified atom stereocenters. The number of allylic oxidation sites excluding steroid dienone is 1. The number of nitrogens with zero attached hydrogens (tertiary/aromatic N) is 15. The number of ether oxygens (including phenoxy) is 3. The molecule has 10 aromatic heterocycles. The molecule has 5 saturated heterocycles. The number of aryl methyl sites for hydroxylation is 1. The highest BCUT2D eigenvalue weighted by Crippen LogP contribution is 2.45. The Labute approximate surface area is 866 Å². The van der Waals surface area contributed by atoms with E-state index in [1.54, 1.807) is 65.7 Å². The molecule has 13 N–H and O–H groups in total. The Balaban J connectivity index is 0.000000177. The van der Waals surface area contributed by atoms with Crippen molar-refractivity contribution in [2.24, 2.45) is 41.4 Å². The van der Waals surface area contributed by atoms with E-state index in [2.05, 4.69) is 154 Å². The topological polar surface area (TPSA) is 544 Å². The minimum atomic E-state index is -4.27. The van der Waals surface area contributed by atoms with Crippen molar-refractivity contribution in [2.45, 2.75) is 218 Å². The standard InChI is InChI=1S/C28H37N7O3S.C27H30FN5O4S.C26H35N7O4S.C23H29N5O4S.2H2/c1-17(2)15-18(3)31-25-14-11-21(16-30-25)23-13-12-22(27(32-23)35-19(4)9-10-20(35)5)28(36)34-39(37,38)26-8-6-7-24(29)33-26;1-16(2)15-37-21-11-19(10-20(28)12-21)23-7-6-22(26(30-23)33-13-17-8-18(9-17)14-33)27(34)32-38(35,36)25-5-3-4-24(29)31-25;1-16(2)15-37-25-18(4)14-33(30-25)21-11-10-19(23(29-21)32-13-17(3)12-26(32,5)6)24(34)31-38(35,36)22-9-7-8-20(27)28-22;1-15-12-23(2,3)28(13-15)21-17(9-10-18(25-21)16-6-5-11-32-14-16)22(29)27-33(30,31)20-8-4-7-19(24)26-20;;/h6-8,11-14,16-20H,9-10,15H2,1-5H3,(H2,29,33)(H,30,31)(H,34,36);3-7,10-12,16-18H,8-9,13-15H2,1-2H3,(H2,29,31)(H,32,34);7-11,14,16-17H,12-13,15H2,1-6H3,(H2,27,28)(H,31,34);4,7-10,14-15H,5-6,11-13H2,1-3H3,(H2,24,26)(H,27,29);2*1H/t18-,19-,20+;;17-;15-;;/m1.00../s1. The normalized spacial score (nSPS) is 18.5. The number of pyridine rings is 9. The molecule has 2 bridgehead atoms. The highest BCUT2D eigenvalue weighted by Gasteiger charge is 2.44. The largest absolute Gasteiger partial charge is 0.501 e. The molecular weight excluding hydrogens is 1970 g/mol. The fourth-order valence-electron chi connectivity index (χ4n) is 19.2. The number of anilines is 9. The lowest BCUT2D eigenvalue weighted by Gasteiger charge is -2.48. The summed E-state index contributed by atoms with van der Waals surface area (Å²) in [6.45, 7) is 37.8. The van der Waals surface area contributed by atoms with Crippen LogP contribution in [0.2, 0.25) is 0 Å². The van der Waals surface area contributed by atoms with Gasteiger partial charge in [0.15, 0.2) is 25.9 Å². The van der Waals surface area contributed by atoms with Crippen molar-refractivity contribution < 1.29 is 74.3 Å². The number of nitrogens with two attached hydrogens (primary N) is 4. The molecule has 0 spiro atoms. The van der Waals surface area contributed by atoms with E-state index in [9.17, 15) is 57.2 Å². The maximum Gasteiger partial charge on any atom is 0.281 e. The van der Waals surface area contributed by atoms with Gasteiger partial charge >= 0.3 is 0 Å². The van der Waals surface area contributed by atoms with Gasteiger partial charge in [-0.1, -0.05) is 79.7 Å². The average molecular weight is 2110 g/mol. The van der Waals surface area contributed by atoms with E-state index in [-0.39, 0.29) is 97.6 Å². The van der Waals surface area contributed by atoms with Gasteiger partial charge in [-0.3, -0.25) is 19.2 Å². The van der Waals surface area contributed by atoms with Crippen LogP contribution in [-0.2, 0) is 44.8 Å². The SMILES string of the molecule is CC(C)COc1cc(F)cc(-c2ccc(C(=O)NS(=O)(=O)c3cccc(N)n3)c(N3CC4CC(C4)C3)n2)c1.CC(C)C[C@@H](C)Nc1ccc(-c2ccc(C(=O)NS(=O)(=O)c3cccc(N)n3)c(N3[C@H](C)CC[C@@H]3C)n2)cn1.C[C@@H]1CN(c2nc(C3=COCCC3)ccc2C(=O)NS(=O)(=O)c2cccc(N)n2)C(C)(C)C1.Cc1cn(-c2ccc(C(=O)NS(=O)(=O)c3cccc(N)n3)c(N3C[C@@H](C)CC3(C)C)n2)nc1OCC(C)C.[HH].[HH]. The number of benzene rings is 1. The summed E-state index contributed by atoms with van der Waals surface area (Å²) in [7, 11) is -17.0. The summed E-state index contributed by atoms with van der Waals surface area (Å²) in [4.78, 5) is 101. The lowest BCUT2D eigenvalue weighted by atomic mass is 9.71. The van der Waals surface area contributed by atoms with E-state index >= 15 is 0 Å². The number of rotatable bonds is 30. The highest BCUT2D eigenvalue weighted by atomic mass is 32.2. The number of nitrogen functional groups attached to an aromatic ring is 4. The molecule has 18 rings (SSSR count). The molecule has 1 aliphatic carbocycles. The summed E-state index contributed by atoms with van der Waals surface area (Å²) in [5, 5.41) is 6.63. The van der Waals surface area contributed by atoms with E-state index in [1.165, 1.54) is 91.0 Å². The predicted octanol–water partition coefficient (Wildman–Crippen LogP) is 15.1. The molecule has 39 nitrogen and oxygen atoms in total. The molecule has 6 aliphatic heterocycles. The first-order chi connectivity index (χ1) is 69.8. The third-order valence-corrected chi connectivity index (χ3v) is 30.8. The van der Waals surface area contributed by atoms with E-state index in [0.29, 0.717) is 145 Å². The van der Waals surface area contributed by atoms with Crippen LogP contribution < -0.4 is 76.2 Å². The summed E-state index contributed by atoms with van der Waals surface area (Å²) < 4.78 is 144. The monoisotopic (exact) mass is 2110 g/mol. The van der Waals surface area contributed by atoms with Crippen LogP contribution in [0.25, 0.3) is 33.9 Å². The smallest absolute Gasteiger partial charge is 0.281 e. The van der Waals surface area contributed by atoms with Gasteiger partial charge in [0.25, 0.3) is 63.7 Å². The van der Waals surface area contributed by atoms with Crippen LogP contribution >= 0.6 is 0 Å². The molecule has 5 atom stereocenters. The Bertz CT molecular complexity index is 7250. The lowest BCUT2D eigenvalue weighted by Crippen LogP contribution is -2.49.